The number of alkyl halides is 3. The third kappa shape index (κ3) is 2.57. The van der Waals surface area contributed by atoms with Crippen molar-refractivity contribution in [1.82, 2.24) is 0 Å². The molecule has 0 aromatic heterocycles. The zero-order valence-electron chi connectivity index (χ0n) is 7.96. The van der Waals surface area contributed by atoms with Crippen LogP contribution < -0.4 is 0 Å². The Morgan fingerprint density at radius 1 is 1.25 bits per heavy atom. The molecule has 1 atom stereocenters. The zero-order chi connectivity index (χ0) is 11.8. The molecule has 1 unspecified atom stereocenters. The summed E-state index contributed by atoms with van der Waals surface area (Å²) in [4.78, 5) is 4.20. The molecule has 2 rings (SSSR count). The van der Waals surface area contributed by atoms with Crippen LogP contribution in [0.5, 0.6) is 0 Å². The number of hydrogen-bond acceptors (Lipinski definition) is 2. The molecule has 0 aliphatic carbocycles. The third-order valence-corrected chi connectivity index (χ3v) is 2.99. The maximum atomic E-state index is 6.04. The van der Waals surface area contributed by atoms with E-state index in [2.05, 4.69) is 4.99 Å². The van der Waals surface area contributed by atoms with Gasteiger partial charge in [0.25, 0.3) is 3.79 Å². The lowest BCUT2D eigenvalue weighted by Gasteiger charge is -2.08. The Hall–Kier alpha value is -0.150. The van der Waals surface area contributed by atoms with Crippen molar-refractivity contribution in [3.8, 4) is 0 Å². The molecule has 2 nitrogen and oxygen atoms in total. The highest BCUT2D eigenvalue weighted by molar-refractivity contribution is 6.76. The summed E-state index contributed by atoms with van der Waals surface area (Å²) in [7, 11) is 0. The first-order valence-electron chi connectivity index (χ1n) is 4.50. The van der Waals surface area contributed by atoms with Crippen LogP contribution in [0, 0.1) is 0 Å². The van der Waals surface area contributed by atoms with Crippen molar-refractivity contribution in [3.05, 3.63) is 34.9 Å². The second kappa shape index (κ2) is 4.61. The molecule has 0 N–H and O–H groups in total. The van der Waals surface area contributed by atoms with E-state index in [4.69, 9.17) is 51.1 Å². The summed E-state index contributed by atoms with van der Waals surface area (Å²) in [6, 6.07) is 7.19. The van der Waals surface area contributed by atoms with E-state index in [1.165, 1.54) is 0 Å². The Balaban J connectivity index is 2.27. The number of nitrogens with zero attached hydrogens (tertiary/aromatic N) is 1. The van der Waals surface area contributed by atoms with Crippen LogP contribution in [0.4, 0.5) is 0 Å². The van der Waals surface area contributed by atoms with Gasteiger partial charge in [0.2, 0.25) is 5.90 Å². The molecule has 0 amide bonds. The minimum atomic E-state index is -1.62. The van der Waals surface area contributed by atoms with E-state index in [0.29, 0.717) is 11.6 Å². The predicted octanol–water partition coefficient (Wildman–Crippen LogP) is 4.18. The van der Waals surface area contributed by atoms with Crippen LogP contribution in [-0.4, -0.2) is 16.3 Å². The quantitative estimate of drug-likeness (QED) is 0.713. The summed E-state index contributed by atoms with van der Waals surface area (Å²) in [6.07, 6.45) is 0. The van der Waals surface area contributed by atoms with Crippen LogP contribution in [0.25, 0.3) is 0 Å². The Morgan fingerprint density at radius 2 is 1.94 bits per heavy atom. The molecule has 0 saturated carbocycles. The Bertz CT molecular complexity index is 427. The van der Waals surface area contributed by atoms with Crippen molar-refractivity contribution in [2.75, 3.05) is 6.61 Å². The topological polar surface area (TPSA) is 21.6 Å². The van der Waals surface area contributed by atoms with E-state index < -0.39 is 3.79 Å². The molecule has 1 heterocycles. The van der Waals surface area contributed by atoms with E-state index in [1.807, 2.05) is 18.2 Å². The van der Waals surface area contributed by atoms with Gasteiger partial charge >= 0.3 is 0 Å². The molecule has 0 fully saturated rings. The molecule has 16 heavy (non-hydrogen) atoms. The minimum absolute atomic E-state index is 0.113. The summed E-state index contributed by atoms with van der Waals surface area (Å²) in [5.41, 5.74) is 0.869. The standard InChI is InChI=1S/C10H7Cl4NO/c11-7-4-2-1-3-6(7)8-5-16-9(15-8)10(12,13)14/h1-4,8H,5H2. The van der Waals surface area contributed by atoms with Gasteiger partial charge < -0.3 is 4.74 Å². The van der Waals surface area contributed by atoms with E-state index in [-0.39, 0.29) is 11.9 Å². The first-order valence-corrected chi connectivity index (χ1v) is 6.02. The smallest absolute Gasteiger partial charge is 0.266 e. The van der Waals surface area contributed by atoms with Crippen molar-refractivity contribution in [2.45, 2.75) is 9.83 Å². The number of aliphatic imine (C=N–C) groups is 1. The monoisotopic (exact) mass is 297 g/mol. The molecule has 0 saturated heterocycles. The van der Waals surface area contributed by atoms with Crippen LogP contribution in [0.3, 0.4) is 0 Å². The van der Waals surface area contributed by atoms with Gasteiger partial charge in [-0.05, 0) is 11.6 Å². The van der Waals surface area contributed by atoms with Gasteiger partial charge in [-0.3, -0.25) is 0 Å². The van der Waals surface area contributed by atoms with E-state index in [1.54, 1.807) is 6.07 Å². The van der Waals surface area contributed by atoms with Crippen molar-refractivity contribution >= 4 is 52.3 Å². The molecule has 1 aliphatic heterocycles. The molecular formula is C10H7Cl4NO. The first-order chi connectivity index (χ1) is 7.48. The van der Waals surface area contributed by atoms with Gasteiger partial charge in [-0.15, -0.1) is 0 Å². The molecule has 0 spiro atoms. The van der Waals surface area contributed by atoms with Crippen LogP contribution in [0.2, 0.25) is 5.02 Å². The maximum absolute atomic E-state index is 6.04. The SMILES string of the molecule is Clc1ccccc1C1COC(C(Cl)(Cl)Cl)=N1. The van der Waals surface area contributed by atoms with Gasteiger partial charge in [-0.25, -0.2) is 4.99 Å². The fraction of sp³-hybridized carbons (Fsp3) is 0.300. The average Bonchev–Trinajstić information content (AvgIpc) is 2.66. The number of benzene rings is 1. The summed E-state index contributed by atoms with van der Waals surface area (Å²) in [5.74, 6) is 0.113. The first kappa shape index (κ1) is 12.3. The third-order valence-electron chi connectivity index (χ3n) is 2.16. The van der Waals surface area contributed by atoms with Crippen LogP contribution >= 0.6 is 46.4 Å². The molecule has 86 valence electrons. The highest BCUT2D eigenvalue weighted by Crippen LogP contribution is 2.36. The summed E-state index contributed by atoms with van der Waals surface area (Å²) >= 11 is 23.1. The van der Waals surface area contributed by atoms with Gasteiger partial charge in [0, 0.05) is 5.02 Å². The average molecular weight is 299 g/mol. The summed E-state index contributed by atoms with van der Waals surface area (Å²) < 4.78 is 3.62. The lowest BCUT2D eigenvalue weighted by Crippen LogP contribution is -2.18. The van der Waals surface area contributed by atoms with Crippen molar-refractivity contribution < 1.29 is 4.74 Å². The number of halogens is 4. The van der Waals surface area contributed by atoms with Gasteiger partial charge in [0.1, 0.15) is 12.6 Å². The van der Waals surface area contributed by atoms with Crippen molar-refractivity contribution in [1.29, 1.82) is 0 Å². The lowest BCUT2D eigenvalue weighted by atomic mass is 10.1. The van der Waals surface area contributed by atoms with Crippen LogP contribution in [0.15, 0.2) is 29.3 Å². The van der Waals surface area contributed by atoms with Gasteiger partial charge in [-0.2, -0.15) is 0 Å². The van der Waals surface area contributed by atoms with Gasteiger partial charge in [-0.1, -0.05) is 64.6 Å². The van der Waals surface area contributed by atoms with Gasteiger partial charge in [0.15, 0.2) is 0 Å². The second-order valence-electron chi connectivity index (χ2n) is 3.28. The normalized spacial score (nSPS) is 20.5. The zero-order valence-corrected chi connectivity index (χ0v) is 11.0. The second-order valence-corrected chi connectivity index (χ2v) is 5.97. The van der Waals surface area contributed by atoms with E-state index in [9.17, 15) is 0 Å². The van der Waals surface area contributed by atoms with Gasteiger partial charge in [0.05, 0.1) is 0 Å². The lowest BCUT2D eigenvalue weighted by molar-refractivity contribution is 0.314. The molecule has 1 aromatic rings. The van der Waals surface area contributed by atoms with E-state index in [0.717, 1.165) is 5.56 Å². The summed E-state index contributed by atoms with van der Waals surface area (Å²) in [5, 5.41) is 0.630. The molecule has 6 heteroatoms. The minimum Gasteiger partial charge on any atom is -0.475 e. The van der Waals surface area contributed by atoms with Crippen LogP contribution in [-0.2, 0) is 4.74 Å². The van der Waals surface area contributed by atoms with Crippen molar-refractivity contribution in [2.24, 2.45) is 4.99 Å². The molecule has 1 aliphatic rings. The van der Waals surface area contributed by atoms with Crippen molar-refractivity contribution in [3.63, 3.8) is 0 Å². The number of hydrogen-bond donors (Lipinski definition) is 0. The van der Waals surface area contributed by atoms with E-state index >= 15 is 0 Å². The summed E-state index contributed by atoms with van der Waals surface area (Å²) in [6.45, 7) is 0.340. The Morgan fingerprint density at radius 3 is 2.50 bits per heavy atom. The largest absolute Gasteiger partial charge is 0.475 e. The van der Waals surface area contributed by atoms with Crippen LogP contribution in [0.1, 0.15) is 11.6 Å². The Kier molecular flexibility index (Phi) is 3.55. The fourth-order valence-corrected chi connectivity index (χ4v) is 2.01. The predicted molar refractivity (Wildman–Crippen MR) is 67.9 cm³/mol. The Labute approximate surface area is 113 Å². The highest BCUT2D eigenvalue weighted by atomic mass is 35.6. The number of rotatable bonds is 1. The fourth-order valence-electron chi connectivity index (χ4n) is 1.43. The molecule has 0 radical (unpaired) electrons. The number of ether oxygens (including phenoxy) is 1. The maximum Gasteiger partial charge on any atom is 0.266 e. The highest BCUT2D eigenvalue weighted by Gasteiger charge is 2.36. The molecule has 1 aromatic carbocycles. The molecule has 0 bridgehead atoms. The molecular weight excluding hydrogens is 292 g/mol.